The summed E-state index contributed by atoms with van der Waals surface area (Å²) in [6.45, 7) is 1.68. The van der Waals surface area contributed by atoms with Gasteiger partial charge in [0, 0.05) is 5.56 Å². The first kappa shape index (κ1) is 9.77. The van der Waals surface area contributed by atoms with Gasteiger partial charge in [0.15, 0.2) is 0 Å². The molecule has 0 aliphatic heterocycles. The molecule has 3 heteroatoms. The largest absolute Gasteiger partial charge is 0.496 e. The molecule has 0 saturated carbocycles. The fourth-order valence-electron chi connectivity index (χ4n) is 1.56. The van der Waals surface area contributed by atoms with Crippen LogP contribution in [0.4, 0.5) is 4.39 Å². The summed E-state index contributed by atoms with van der Waals surface area (Å²) in [5, 5.41) is 0. The number of hydrogen-bond donors (Lipinski definition) is 0. The third-order valence-corrected chi connectivity index (χ3v) is 2.33. The summed E-state index contributed by atoms with van der Waals surface area (Å²) in [5.41, 5.74) is 1.26. The third kappa shape index (κ3) is 1.61. The number of ether oxygens (including phenoxy) is 1. The highest BCUT2D eigenvalue weighted by Crippen LogP contribution is 2.34. The molecule has 2 aromatic rings. The van der Waals surface area contributed by atoms with E-state index in [1.807, 2.05) is 6.07 Å². The maximum absolute atomic E-state index is 13.3. The molecule has 0 aliphatic rings. The third-order valence-electron chi connectivity index (χ3n) is 2.33. The van der Waals surface area contributed by atoms with Crippen LogP contribution in [0.5, 0.6) is 5.75 Å². The lowest BCUT2D eigenvalue weighted by molar-refractivity contribution is 0.407. The number of benzene rings is 1. The van der Waals surface area contributed by atoms with Crippen molar-refractivity contribution in [3.63, 3.8) is 0 Å². The molecule has 0 atom stereocenters. The minimum Gasteiger partial charge on any atom is -0.496 e. The molecular weight excluding hydrogens is 195 g/mol. The number of furan rings is 1. The average Bonchev–Trinajstić information content (AvgIpc) is 2.75. The van der Waals surface area contributed by atoms with Crippen LogP contribution in [0.1, 0.15) is 5.56 Å². The second kappa shape index (κ2) is 3.77. The van der Waals surface area contributed by atoms with Crippen molar-refractivity contribution >= 4 is 0 Å². The van der Waals surface area contributed by atoms with Gasteiger partial charge in [0.25, 0.3) is 0 Å². The summed E-state index contributed by atoms with van der Waals surface area (Å²) in [5.74, 6) is 0.919. The Kier molecular flexibility index (Phi) is 2.46. The van der Waals surface area contributed by atoms with E-state index in [4.69, 9.17) is 9.15 Å². The predicted octanol–water partition coefficient (Wildman–Crippen LogP) is 3.40. The van der Waals surface area contributed by atoms with Crippen molar-refractivity contribution in [1.29, 1.82) is 0 Å². The number of halogens is 1. The van der Waals surface area contributed by atoms with E-state index in [-0.39, 0.29) is 5.82 Å². The smallest absolute Gasteiger partial charge is 0.137 e. The van der Waals surface area contributed by atoms with Crippen LogP contribution in [0.3, 0.4) is 0 Å². The summed E-state index contributed by atoms with van der Waals surface area (Å²) < 4.78 is 23.7. The van der Waals surface area contributed by atoms with Gasteiger partial charge in [-0.05, 0) is 31.2 Å². The van der Waals surface area contributed by atoms with Gasteiger partial charge in [-0.25, -0.2) is 4.39 Å². The Morgan fingerprint density at radius 2 is 2.07 bits per heavy atom. The zero-order valence-corrected chi connectivity index (χ0v) is 8.58. The van der Waals surface area contributed by atoms with Crippen molar-refractivity contribution in [2.45, 2.75) is 6.92 Å². The molecule has 2 nitrogen and oxygen atoms in total. The lowest BCUT2D eigenvalue weighted by Crippen LogP contribution is -1.93. The highest BCUT2D eigenvalue weighted by atomic mass is 19.1. The first-order valence-electron chi connectivity index (χ1n) is 4.61. The Bertz CT molecular complexity index is 461. The van der Waals surface area contributed by atoms with E-state index in [1.54, 1.807) is 25.3 Å². The zero-order chi connectivity index (χ0) is 10.8. The SMILES string of the molecule is COc1c(-c2ccco2)ccc(F)c1C. The van der Waals surface area contributed by atoms with E-state index in [0.717, 1.165) is 5.56 Å². The monoisotopic (exact) mass is 206 g/mol. The molecule has 2 rings (SSSR count). The van der Waals surface area contributed by atoms with E-state index in [9.17, 15) is 4.39 Å². The van der Waals surface area contributed by atoms with Gasteiger partial charge in [-0.15, -0.1) is 0 Å². The molecule has 1 aromatic heterocycles. The van der Waals surface area contributed by atoms with Gasteiger partial charge in [-0.2, -0.15) is 0 Å². The van der Waals surface area contributed by atoms with Crippen LogP contribution in [0.15, 0.2) is 34.9 Å². The average molecular weight is 206 g/mol. The van der Waals surface area contributed by atoms with E-state index in [1.165, 1.54) is 13.2 Å². The minimum absolute atomic E-state index is 0.276. The topological polar surface area (TPSA) is 22.4 Å². The molecule has 0 aliphatic carbocycles. The van der Waals surface area contributed by atoms with Gasteiger partial charge in [0.1, 0.15) is 17.3 Å². The van der Waals surface area contributed by atoms with Gasteiger partial charge < -0.3 is 9.15 Å². The minimum atomic E-state index is -0.276. The highest BCUT2D eigenvalue weighted by Gasteiger charge is 2.13. The molecular formula is C12H11FO2. The molecule has 0 radical (unpaired) electrons. The van der Waals surface area contributed by atoms with Crippen LogP contribution < -0.4 is 4.74 Å². The van der Waals surface area contributed by atoms with Gasteiger partial charge in [0.2, 0.25) is 0 Å². The van der Waals surface area contributed by atoms with Gasteiger partial charge in [0.05, 0.1) is 18.9 Å². The summed E-state index contributed by atoms with van der Waals surface area (Å²) in [6, 6.07) is 6.67. The van der Waals surface area contributed by atoms with E-state index in [2.05, 4.69) is 0 Å². The molecule has 0 bridgehead atoms. The molecule has 0 unspecified atom stereocenters. The van der Waals surface area contributed by atoms with E-state index >= 15 is 0 Å². The maximum atomic E-state index is 13.3. The molecule has 0 spiro atoms. The Morgan fingerprint density at radius 3 is 2.67 bits per heavy atom. The summed E-state index contributed by atoms with van der Waals surface area (Å²) >= 11 is 0. The summed E-state index contributed by atoms with van der Waals surface area (Å²) in [4.78, 5) is 0. The fourth-order valence-corrected chi connectivity index (χ4v) is 1.56. The molecule has 15 heavy (non-hydrogen) atoms. The number of hydrogen-bond acceptors (Lipinski definition) is 2. The molecule has 0 saturated heterocycles. The number of methoxy groups -OCH3 is 1. The summed E-state index contributed by atoms with van der Waals surface area (Å²) in [7, 11) is 1.52. The Balaban J connectivity index is 2.62. The Morgan fingerprint density at radius 1 is 1.27 bits per heavy atom. The lowest BCUT2D eigenvalue weighted by atomic mass is 10.1. The predicted molar refractivity (Wildman–Crippen MR) is 55.4 cm³/mol. The van der Waals surface area contributed by atoms with Crippen LogP contribution in [0.25, 0.3) is 11.3 Å². The van der Waals surface area contributed by atoms with Crippen molar-refractivity contribution in [3.8, 4) is 17.1 Å². The second-order valence-electron chi connectivity index (χ2n) is 3.23. The molecule has 1 heterocycles. The fraction of sp³-hybridized carbons (Fsp3) is 0.167. The first-order valence-corrected chi connectivity index (χ1v) is 4.61. The van der Waals surface area contributed by atoms with Crippen LogP contribution in [-0.4, -0.2) is 7.11 Å². The van der Waals surface area contributed by atoms with Crippen LogP contribution in [0.2, 0.25) is 0 Å². The van der Waals surface area contributed by atoms with Gasteiger partial charge in [-0.1, -0.05) is 0 Å². The van der Waals surface area contributed by atoms with Crippen molar-refractivity contribution in [2.75, 3.05) is 7.11 Å². The van der Waals surface area contributed by atoms with Crippen LogP contribution in [-0.2, 0) is 0 Å². The van der Waals surface area contributed by atoms with Crippen LogP contribution in [0, 0.1) is 12.7 Å². The Labute approximate surface area is 87.3 Å². The number of rotatable bonds is 2. The molecule has 1 aromatic carbocycles. The maximum Gasteiger partial charge on any atom is 0.137 e. The standard InChI is InChI=1S/C12H11FO2/c1-8-10(13)6-5-9(12(8)14-2)11-4-3-7-15-11/h3-7H,1-2H3. The highest BCUT2D eigenvalue weighted by molar-refractivity contribution is 5.68. The molecule has 0 fully saturated rings. The van der Waals surface area contributed by atoms with Crippen molar-refractivity contribution in [1.82, 2.24) is 0 Å². The van der Waals surface area contributed by atoms with Gasteiger partial charge in [-0.3, -0.25) is 0 Å². The van der Waals surface area contributed by atoms with E-state index in [0.29, 0.717) is 17.1 Å². The van der Waals surface area contributed by atoms with E-state index < -0.39 is 0 Å². The van der Waals surface area contributed by atoms with Crippen molar-refractivity contribution < 1.29 is 13.5 Å². The van der Waals surface area contributed by atoms with Crippen LogP contribution >= 0.6 is 0 Å². The quantitative estimate of drug-likeness (QED) is 0.751. The van der Waals surface area contributed by atoms with Gasteiger partial charge >= 0.3 is 0 Å². The zero-order valence-electron chi connectivity index (χ0n) is 8.58. The summed E-state index contributed by atoms with van der Waals surface area (Å²) in [6.07, 6.45) is 1.58. The second-order valence-corrected chi connectivity index (χ2v) is 3.23. The molecule has 78 valence electrons. The lowest BCUT2D eigenvalue weighted by Gasteiger charge is -2.09. The van der Waals surface area contributed by atoms with Crippen molar-refractivity contribution in [3.05, 3.63) is 41.9 Å². The van der Waals surface area contributed by atoms with Crippen molar-refractivity contribution in [2.24, 2.45) is 0 Å². The first-order chi connectivity index (χ1) is 7.24. The molecule has 0 N–H and O–H groups in total. The normalized spacial score (nSPS) is 10.3. The molecule has 0 amide bonds. The Hall–Kier alpha value is -1.77.